The first-order valence-corrected chi connectivity index (χ1v) is 6.95. The summed E-state index contributed by atoms with van der Waals surface area (Å²) in [7, 11) is 0. The van der Waals surface area contributed by atoms with E-state index in [4.69, 9.17) is 0 Å². The number of aromatic nitrogens is 2. The van der Waals surface area contributed by atoms with Gasteiger partial charge in [-0.1, -0.05) is 0 Å². The Kier molecular flexibility index (Phi) is 3.22. The first-order valence-electron chi connectivity index (χ1n) is 5.00. The van der Waals surface area contributed by atoms with Gasteiger partial charge in [0.15, 0.2) is 4.73 Å². The molecule has 1 aliphatic rings. The third kappa shape index (κ3) is 1.87. The Labute approximate surface area is 97.6 Å². The van der Waals surface area contributed by atoms with Crippen molar-refractivity contribution < 1.29 is 0 Å². The maximum absolute atomic E-state index is 4.35. The fourth-order valence-corrected chi connectivity index (χ4v) is 3.89. The van der Waals surface area contributed by atoms with Gasteiger partial charge in [0.1, 0.15) is 0 Å². The van der Waals surface area contributed by atoms with Crippen LogP contribution in [0.3, 0.4) is 0 Å². The van der Waals surface area contributed by atoms with Crippen LogP contribution in [0.1, 0.15) is 37.9 Å². The molecule has 0 spiro atoms. The molecule has 2 heterocycles. The van der Waals surface area contributed by atoms with Crippen LogP contribution >= 0.6 is 27.7 Å². The van der Waals surface area contributed by atoms with Crippen molar-refractivity contribution in [3.05, 3.63) is 16.6 Å². The van der Waals surface area contributed by atoms with Crippen molar-refractivity contribution in [2.24, 2.45) is 0 Å². The van der Waals surface area contributed by atoms with Gasteiger partial charge in [-0.25, -0.2) is 4.98 Å². The van der Waals surface area contributed by atoms with Crippen LogP contribution in [-0.2, 0) is 0 Å². The molecule has 1 aliphatic heterocycles. The van der Waals surface area contributed by atoms with E-state index in [-0.39, 0.29) is 0 Å². The highest BCUT2D eigenvalue weighted by Crippen LogP contribution is 2.34. The molecule has 1 unspecified atom stereocenters. The third-order valence-electron chi connectivity index (χ3n) is 2.64. The Bertz CT molecular complexity index is 316. The average Bonchev–Trinajstić information content (AvgIpc) is 2.70. The summed E-state index contributed by atoms with van der Waals surface area (Å²) >= 11 is 5.56. The van der Waals surface area contributed by atoms with Crippen molar-refractivity contribution >= 4 is 27.7 Å². The van der Waals surface area contributed by atoms with Crippen molar-refractivity contribution in [3.63, 3.8) is 0 Å². The summed E-state index contributed by atoms with van der Waals surface area (Å²) in [5.74, 6) is 3.26. The smallest absolute Gasteiger partial charge is 0.177 e. The Morgan fingerprint density at radius 2 is 2.43 bits per heavy atom. The molecule has 1 aromatic heterocycles. The summed E-state index contributed by atoms with van der Waals surface area (Å²) in [6.45, 7) is 4.41. The van der Waals surface area contributed by atoms with E-state index in [9.17, 15) is 0 Å². The minimum Gasteiger partial charge on any atom is -0.320 e. The largest absolute Gasteiger partial charge is 0.320 e. The predicted octanol–water partition coefficient (Wildman–Crippen LogP) is 3.45. The van der Waals surface area contributed by atoms with E-state index in [1.165, 1.54) is 23.6 Å². The molecular weight excluding hydrogens is 260 g/mol. The minimum atomic E-state index is 0.493. The number of hydrogen-bond acceptors (Lipinski definition) is 2. The van der Waals surface area contributed by atoms with Crippen molar-refractivity contribution in [1.82, 2.24) is 9.55 Å². The van der Waals surface area contributed by atoms with Gasteiger partial charge in [-0.05, 0) is 42.0 Å². The lowest BCUT2D eigenvalue weighted by molar-refractivity contribution is 0.540. The molecule has 1 saturated heterocycles. The highest BCUT2D eigenvalue weighted by Gasteiger charge is 2.23. The lowest BCUT2D eigenvalue weighted by Crippen LogP contribution is -2.09. The van der Waals surface area contributed by atoms with E-state index < -0.39 is 0 Å². The van der Waals surface area contributed by atoms with Crippen LogP contribution in [0.4, 0.5) is 0 Å². The lowest BCUT2D eigenvalue weighted by atomic mass is 10.1. The molecule has 2 rings (SSSR count). The number of hydrogen-bond donors (Lipinski definition) is 0. The van der Waals surface area contributed by atoms with Gasteiger partial charge in [0, 0.05) is 29.6 Å². The van der Waals surface area contributed by atoms with E-state index >= 15 is 0 Å². The van der Waals surface area contributed by atoms with Gasteiger partial charge in [0.25, 0.3) is 0 Å². The predicted molar refractivity (Wildman–Crippen MR) is 65.0 cm³/mol. The SMILES string of the molecule is CC(C)n1c(C2CCSC2)cnc1Br. The summed E-state index contributed by atoms with van der Waals surface area (Å²) in [6.07, 6.45) is 3.33. The fraction of sp³-hybridized carbons (Fsp3) is 0.700. The van der Waals surface area contributed by atoms with Gasteiger partial charge >= 0.3 is 0 Å². The molecule has 78 valence electrons. The zero-order valence-electron chi connectivity index (χ0n) is 8.53. The zero-order chi connectivity index (χ0) is 10.1. The van der Waals surface area contributed by atoms with E-state index in [0.717, 1.165) is 4.73 Å². The Morgan fingerprint density at radius 3 is 3.00 bits per heavy atom. The fourth-order valence-electron chi connectivity index (χ4n) is 1.93. The number of thioether (sulfide) groups is 1. The molecule has 0 aromatic carbocycles. The summed E-state index contributed by atoms with van der Waals surface area (Å²) in [6, 6.07) is 0.493. The van der Waals surface area contributed by atoms with E-state index in [1.54, 1.807) is 0 Å². The molecule has 0 N–H and O–H groups in total. The maximum Gasteiger partial charge on any atom is 0.177 e. The first kappa shape index (κ1) is 10.6. The topological polar surface area (TPSA) is 17.8 Å². The third-order valence-corrected chi connectivity index (χ3v) is 4.39. The van der Waals surface area contributed by atoms with Crippen LogP contribution in [0, 0.1) is 0 Å². The summed E-state index contributed by atoms with van der Waals surface area (Å²) < 4.78 is 3.27. The van der Waals surface area contributed by atoms with E-state index in [0.29, 0.717) is 12.0 Å². The zero-order valence-corrected chi connectivity index (χ0v) is 10.9. The quantitative estimate of drug-likeness (QED) is 0.822. The molecule has 0 bridgehead atoms. The van der Waals surface area contributed by atoms with E-state index in [1.807, 2.05) is 6.20 Å². The van der Waals surface area contributed by atoms with Crippen LogP contribution in [0.2, 0.25) is 0 Å². The molecule has 1 fully saturated rings. The van der Waals surface area contributed by atoms with Crippen LogP contribution in [0.15, 0.2) is 10.9 Å². The summed E-state index contributed by atoms with van der Waals surface area (Å²) in [5, 5.41) is 0. The molecular formula is C10H15BrN2S. The molecule has 0 amide bonds. The Balaban J connectivity index is 2.32. The minimum absolute atomic E-state index is 0.493. The van der Waals surface area contributed by atoms with Gasteiger partial charge in [0.2, 0.25) is 0 Å². The molecule has 0 saturated carbocycles. The molecule has 1 aromatic rings. The Morgan fingerprint density at radius 1 is 1.64 bits per heavy atom. The van der Waals surface area contributed by atoms with E-state index in [2.05, 4.69) is 51.1 Å². The number of nitrogens with zero attached hydrogens (tertiary/aromatic N) is 2. The average molecular weight is 275 g/mol. The maximum atomic E-state index is 4.35. The van der Waals surface area contributed by atoms with Crippen molar-refractivity contribution in [1.29, 1.82) is 0 Å². The van der Waals surface area contributed by atoms with Gasteiger partial charge < -0.3 is 4.57 Å². The van der Waals surface area contributed by atoms with Gasteiger partial charge in [-0.15, -0.1) is 0 Å². The van der Waals surface area contributed by atoms with Crippen molar-refractivity contribution in [2.45, 2.75) is 32.2 Å². The van der Waals surface area contributed by atoms with Crippen molar-refractivity contribution in [2.75, 3.05) is 11.5 Å². The number of halogens is 1. The molecule has 0 radical (unpaired) electrons. The molecule has 1 atom stereocenters. The normalized spacial score (nSPS) is 22.1. The lowest BCUT2D eigenvalue weighted by Gasteiger charge is -2.16. The second kappa shape index (κ2) is 4.27. The molecule has 0 aliphatic carbocycles. The van der Waals surface area contributed by atoms with Crippen molar-refractivity contribution in [3.8, 4) is 0 Å². The second-order valence-electron chi connectivity index (χ2n) is 3.98. The molecule has 2 nitrogen and oxygen atoms in total. The molecule has 4 heteroatoms. The highest BCUT2D eigenvalue weighted by molar-refractivity contribution is 9.10. The Hall–Kier alpha value is 0.0400. The van der Waals surface area contributed by atoms with Gasteiger partial charge in [-0.2, -0.15) is 11.8 Å². The highest BCUT2D eigenvalue weighted by atomic mass is 79.9. The number of imidazole rings is 1. The van der Waals surface area contributed by atoms with Gasteiger partial charge in [-0.3, -0.25) is 0 Å². The first-order chi connectivity index (χ1) is 6.70. The van der Waals surface area contributed by atoms with Crippen LogP contribution in [0.5, 0.6) is 0 Å². The number of rotatable bonds is 2. The monoisotopic (exact) mass is 274 g/mol. The summed E-state index contributed by atoms with van der Waals surface area (Å²) in [5.41, 5.74) is 1.40. The second-order valence-corrected chi connectivity index (χ2v) is 5.84. The molecule has 14 heavy (non-hydrogen) atoms. The standard InChI is InChI=1S/C10H15BrN2S/c1-7(2)13-9(5-12-10(13)11)8-3-4-14-6-8/h5,7-8H,3-4,6H2,1-2H3. The summed E-state index contributed by atoms with van der Waals surface area (Å²) in [4.78, 5) is 4.35. The van der Waals surface area contributed by atoms with Gasteiger partial charge in [0.05, 0.1) is 0 Å². The van der Waals surface area contributed by atoms with Crippen LogP contribution in [0.25, 0.3) is 0 Å². The van der Waals surface area contributed by atoms with Crippen LogP contribution in [-0.4, -0.2) is 21.1 Å². The van der Waals surface area contributed by atoms with Crippen LogP contribution < -0.4 is 0 Å².